The van der Waals surface area contributed by atoms with Crippen molar-refractivity contribution in [2.24, 2.45) is 5.92 Å². The lowest BCUT2D eigenvalue weighted by Crippen LogP contribution is -2.25. The van der Waals surface area contributed by atoms with Gasteiger partial charge in [0.15, 0.2) is 0 Å². The Morgan fingerprint density at radius 1 is 1.48 bits per heavy atom. The second-order valence-electron chi connectivity index (χ2n) is 4.67. The smallest absolute Gasteiger partial charge is 0.302 e. The summed E-state index contributed by atoms with van der Waals surface area (Å²) >= 11 is 5.91. The summed E-state index contributed by atoms with van der Waals surface area (Å²) in [5.41, 5.74) is 0.0179. The van der Waals surface area contributed by atoms with Gasteiger partial charge in [0.2, 0.25) is 5.91 Å². The molecule has 1 saturated heterocycles. The molecule has 2 rings (SSSR count). The number of carbonyl (C=O) groups excluding carboxylic acids is 1. The summed E-state index contributed by atoms with van der Waals surface area (Å²) in [6.45, 7) is -0.000482. The van der Waals surface area contributed by atoms with Crippen LogP contribution >= 0.6 is 11.6 Å². The lowest BCUT2D eigenvalue weighted by molar-refractivity contribution is -0.384. The first-order valence-corrected chi connectivity index (χ1v) is 7.77. The van der Waals surface area contributed by atoms with Gasteiger partial charge in [0, 0.05) is 31.0 Å². The van der Waals surface area contributed by atoms with Crippen LogP contribution in [0.1, 0.15) is 6.42 Å². The Balaban J connectivity index is 2.23. The Morgan fingerprint density at radius 3 is 2.67 bits per heavy atom. The van der Waals surface area contributed by atoms with Crippen molar-refractivity contribution >= 4 is 39.1 Å². The molecule has 1 aliphatic rings. The fourth-order valence-corrected chi connectivity index (χ4v) is 3.30. The SMILES string of the molecule is O=C1CC(CS(=O)(=O)F)CN1c1ccc([N+](=O)[O-])cc1Cl. The second kappa shape index (κ2) is 5.57. The molecule has 21 heavy (non-hydrogen) atoms. The third-order valence-electron chi connectivity index (χ3n) is 3.07. The Kier molecular flexibility index (Phi) is 4.15. The van der Waals surface area contributed by atoms with Crippen LogP contribution in [0, 0.1) is 16.0 Å². The van der Waals surface area contributed by atoms with Crippen LogP contribution in [0.25, 0.3) is 0 Å². The molecule has 0 saturated carbocycles. The molecule has 0 radical (unpaired) electrons. The molecule has 1 atom stereocenters. The Morgan fingerprint density at radius 2 is 2.14 bits per heavy atom. The molecule has 7 nitrogen and oxygen atoms in total. The van der Waals surface area contributed by atoms with E-state index in [0.717, 1.165) is 6.07 Å². The van der Waals surface area contributed by atoms with Crippen LogP contribution in [0.2, 0.25) is 5.02 Å². The van der Waals surface area contributed by atoms with E-state index in [1.54, 1.807) is 0 Å². The number of nitro groups is 1. The summed E-state index contributed by atoms with van der Waals surface area (Å²) in [7, 11) is -4.67. The molecule has 10 heteroatoms. The monoisotopic (exact) mass is 336 g/mol. The van der Waals surface area contributed by atoms with Gasteiger partial charge in [0.1, 0.15) is 0 Å². The molecule has 0 aliphatic carbocycles. The number of nitro benzene ring substituents is 1. The molecular formula is C11H10ClFN2O5S. The maximum Gasteiger partial charge on any atom is 0.302 e. The summed E-state index contributed by atoms with van der Waals surface area (Å²) < 4.78 is 33.9. The molecule has 1 aliphatic heterocycles. The molecule has 1 aromatic rings. The zero-order chi connectivity index (χ0) is 15.8. The van der Waals surface area contributed by atoms with Crippen LogP contribution in [0.5, 0.6) is 0 Å². The highest BCUT2D eigenvalue weighted by Crippen LogP contribution is 2.34. The van der Waals surface area contributed by atoms with Crippen LogP contribution in [-0.2, 0) is 15.0 Å². The van der Waals surface area contributed by atoms with Gasteiger partial charge in [-0.15, -0.1) is 3.89 Å². The van der Waals surface area contributed by atoms with Crippen LogP contribution in [0.3, 0.4) is 0 Å². The Bertz CT molecular complexity index is 709. The molecule has 114 valence electrons. The Hall–Kier alpha value is -1.74. The van der Waals surface area contributed by atoms with E-state index in [2.05, 4.69) is 0 Å². The van der Waals surface area contributed by atoms with Crippen molar-refractivity contribution < 1.29 is 22.0 Å². The summed E-state index contributed by atoms with van der Waals surface area (Å²) in [4.78, 5) is 23.1. The van der Waals surface area contributed by atoms with Gasteiger partial charge in [-0.3, -0.25) is 14.9 Å². The molecular weight excluding hydrogens is 327 g/mol. The number of rotatable bonds is 4. The maximum atomic E-state index is 12.7. The van der Waals surface area contributed by atoms with Gasteiger partial charge in [-0.1, -0.05) is 11.6 Å². The first-order chi connectivity index (χ1) is 9.67. The van der Waals surface area contributed by atoms with Gasteiger partial charge in [0.05, 0.1) is 21.4 Å². The number of non-ortho nitro benzene ring substituents is 1. The highest BCUT2D eigenvalue weighted by Gasteiger charge is 2.34. The predicted octanol–water partition coefficient (Wildman–Crippen LogP) is 1.90. The molecule has 1 amide bonds. The average molecular weight is 337 g/mol. The van der Waals surface area contributed by atoms with E-state index in [0.29, 0.717) is 0 Å². The lowest BCUT2D eigenvalue weighted by atomic mass is 10.1. The van der Waals surface area contributed by atoms with E-state index in [1.165, 1.54) is 17.0 Å². The minimum absolute atomic E-state index is 0.000482. The van der Waals surface area contributed by atoms with Crippen molar-refractivity contribution in [2.75, 3.05) is 17.2 Å². The molecule has 1 aromatic carbocycles. The van der Waals surface area contributed by atoms with Gasteiger partial charge in [-0.05, 0) is 6.07 Å². The zero-order valence-corrected chi connectivity index (χ0v) is 12.1. The molecule has 0 spiro atoms. The molecule has 1 unspecified atom stereocenters. The zero-order valence-electron chi connectivity index (χ0n) is 10.5. The second-order valence-corrected chi connectivity index (χ2v) is 6.49. The minimum Gasteiger partial charge on any atom is -0.311 e. The van der Waals surface area contributed by atoms with E-state index in [1.807, 2.05) is 0 Å². The highest BCUT2D eigenvalue weighted by atomic mass is 35.5. The minimum atomic E-state index is -4.67. The number of anilines is 1. The third-order valence-corrected chi connectivity index (χ3v) is 4.25. The van der Waals surface area contributed by atoms with Gasteiger partial charge in [-0.25, -0.2) is 0 Å². The number of amides is 1. The van der Waals surface area contributed by atoms with Crippen LogP contribution < -0.4 is 4.90 Å². The average Bonchev–Trinajstić information content (AvgIpc) is 2.67. The normalized spacial score (nSPS) is 19.0. The van der Waals surface area contributed by atoms with Crippen LogP contribution in [0.4, 0.5) is 15.3 Å². The van der Waals surface area contributed by atoms with Crippen molar-refractivity contribution in [2.45, 2.75) is 6.42 Å². The van der Waals surface area contributed by atoms with E-state index in [9.17, 15) is 27.2 Å². The van der Waals surface area contributed by atoms with Gasteiger partial charge >= 0.3 is 10.2 Å². The molecule has 1 heterocycles. The van der Waals surface area contributed by atoms with Gasteiger partial charge < -0.3 is 4.90 Å². The first-order valence-electron chi connectivity index (χ1n) is 5.84. The highest BCUT2D eigenvalue weighted by molar-refractivity contribution is 7.86. The predicted molar refractivity (Wildman–Crippen MR) is 73.5 cm³/mol. The number of halogens is 2. The molecule has 1 fully saturated rings. The maximum absolute atomic E-state index is 12.7. The fraction of sp³-hybridized carbons (Fsp3) is 0.364. The van der Waals surface area contributed by atoms with E-state index in [4.69, 9.17) is 11.6 Å². The van der Waals surface area contributed by atoms with Crippen molar-refractivity contribution in [1.29, 1.82) is 0 Å². The standard InChI is InChI=1S/C11H10ClFN2O5S/c12-9-4-8(15(17)18)1-2-10(9)14-5-7(3-11(14)16)6-21(13,19)20/h1-2,4,7H,3,5-6H2. The van der Waals surface area contributed by atoms with E-state index < -0.39 is 32.7 Å². The summed E-state index contributed by atoms with van der Waals surface area (Å²) in [5.74, 6) is -1.81. The number of hydrogen-bond donors (Lipinski definition) is 0. The number of benzene rings is 1. The quantitative estimate of drug-likeness (QED) is 0.475. The van der Waals surface area contributed by atoms with Crippen molar-refractivity contribution in [3.05, 3.63) is 33.3 Å². The van der Waals surface area contributed by atoms with Crippen molar-refractivity contribution in [3.63, 3.8) is 0 Å². The van der Waals surface area contributed by atoms with Crippen molar-refractivity contribution in [1.82, 2.24) is 0 Å². The number of hydrogen-bond acceptors (Lipinski definition) is 5. The summed E-state index contributed by atoms with van der Waals surface area (Å²) in [6.07, 6.45) is -0.115. The third kappa shape index (κ3) is 3.67. The molecule has 0 aromatic heterocycles. The fourth-order valence-electron chi connectivity index (χ4n) is 2.24. The van der Waals surface area contributed by atoms with Crippen LogP contribution in [0.15, 0.2) is 18.2 Å². The largest absolute Gasteiger partial charge is 0.311 e. The van der Waals surface area contributed by atoms with E-state index >= 15 is 0 Å². The summed E-state index contributed by atoms with van der Waals surface area (Å²) in [5, 5.41) is 10.6. The number of carbonyl (C=O) groups is 1. The van der Waals surface area contributed by atoms with E-state index in [-0.39, 0.29) is 29.4 Å². The van der Waals surface area contributed by atoms with Gasteiger partial charge in [-0.2, -0.15) is 8.42 Å². The lowest BCUT2D eigenvalue weighted by Gasteiger charge is -2.17. The van der Waals surface area contributed by atoms with Crippen molar-refractivity contribution in [3.8, 4) is 0 Å². The summed E-state index contributed by atoms with van der Waals surface area (Å²) in [6, 6.07) is 3.60. The number of nitrogens with zero attached hydrogens (tertiary/aromatic N) is 2. The Labute approximate surface area is 124 Å². The molecule has 0 bridgehead atoms. The first kappa shape index (κ1) is 15.6. The van der Waals surface area contributed by atoms with Crippen LogP contribution in [-0.4, -0.2) is 31.5 Å². The van der Waals surface area contributed by atoms with Gasteiger partial charge in [0.25, 0.3) is 5.69 Å². The molecule has 0 N–H and O–H groups in total. The topological polar surface area (TPSA) is 97.6 Å².